The van der Waals surface area contributed by atoms with Crippen molar-refractivity contribution >= 4 is 13.8 Å². The summed E-state index contributed by atoms with van der Waals surface area (Å²) in [4.78, 5) is 22.6. The monoisotopic (exact) mass is 817 g/mol. The van der Waals surface area contributed by atoms with Gasteiger partial charge in [0.2, 0.25) is 0 Å². The van der Waals surface area contributed by atoms with Gasteiger partial charge in [0, 0.05) is 13.0 Å². The first-order valence-electron chi connectivity index (χ1n) is 23.3. The number of phosphoric acid groups is 1. The summed E-state index contributed by atoms with van der Waals surface area (Å²) in [5.41, 5.74) is 0. The van der Waals surface area contributed by atoms with Crippen molar-refractivity contribution in [3.8, 4) is 0 Å². The third-order valence-corrected chi connectivity index (χ3v) is 11.1. The maximum Gasteiger partial charge on any atom is 0.472 e. The number of aliphatic hydroxyl groups excluding tert-OH is 2. The van der Waals surface area contributed by atoms with Crippen LogP contribution in [-0.2, 0) is 27.9 Å². The molecule has 0 aromatic carbocycles. The average molecular weight is 817 g/mol. The van der Waals surface area contributed by atoms with Gasteiger partial charge in [-0.2, -0.15) is 0 Å². The van der Waals surface area contributed by atoms with Gasteiger partial charge in [0.25, 0.3) is 0 Å². The summed E-state index contributed by atoms with van der Waals surface area (Å²) in [5.74, 6) is -0.384. The molecule has 0 saturated carbocycles. The van der Waals surface area contributed by atoms with Crippen molar-refractivity contribution in [1.82, 2.24) is 0 Å². The van der Waals surface area contributed by atoms with E-state index in [0.29, 0.717) is 6.61 Å². The standard InChI is InChI=1S/C46H89O9P/c1-3-5-7-9-11-13-15-17-18-19-20-21-22-23-24-25-26-27-28-30-32-34-36-38-46(49)55-45(43-54-56(50,51)53-41-44(48)40-47)42-52-39-37-35-33-31-29-16-14-12-10-8-6-4-2/h10,12,19-20,44-45,47-48H,3-9,11,13-18,21-43H2,1-2H3,(H,50,51)/b12-10-,20-19-. The third-order valence-electron chi connectivity index (χ3n) is 10.1. The lowest BCUT2D eigenvalue weighted by atomic mass is 10.0. The SMILES string of the molecule is CCCC/C=C\CCCCCCCCOCC(COP(=O)(O)OCC(O)CO)OC(=O)CCCCCCCCCCCCC/C=C\CCCCCCCCCC. The molecule has 332 valence electrons. The smallest absolute Gasteiger partial charge is 0.457 e. The summed E-state index contributed by atoms with van der Waals surface area (Å²) in [6.45, 7) is 3.50. The highest BCUT2D eigenvalue weighted by Gasteiger charge is 2.26. The lowest BCUT2D eigenvalue weighted by Crippen LogP contribution is -2.29. The van der Waals surface area contributed by atoms with E-state index in [1.165, 1.54) is 154 Å². The summed E-state index contributed by atoms with van der Waals surface area (Å²) >= 11 is 0. The molecule has 0 aromatic heterocycles. The number of esters is 1. The zero-order chi connectivity index (χ0) is 41.1. The summed E-state index contributed by atoms with van der Waals surface area (Å²) in [5, 5.41) is 18.3. The Balaban J connectivity index is 4.04. The van der Waals surface area contributed by atoms with Crippen LogP contribution >= 0.6 is 7.82 Å². The van der Waals surface area contributed by atoms with Crippen molar-refractivity contribution in [2.45, 2.75) is 232 Å². The lowest BCUT2D eigenvalue weighted by Gasteiger charge is -2.20. The number of unbranched alkanes of at least 4 members (excludes halogenated alkanes) is 27. The molecular weight excluding hydrogens is 727 g/mol. The first kappa shape index (κ1) is 54.9. The number of carbonyl (C=O) groups excluding carboxylic acids is 1. The predicted molar refractivity (Wildman–Crippen MR) is 233 cm³/mol. The number of ether oxygens (including phenoxy) is 2. The van der Waals surface area contributed by atoms with E-state index in [1.807, 2.05) is 0 Å². The fourth-order valence-corrected chi connectivity index (χ4v) is 7.30. The number of aliphatic hydroxyl groups is 2. The van der Waals surface area contributed by atoms with E-state index in [9.17, 15) is 19.4 Å². The van der Waals surface area contributed by atoms with E-state index in [1.54, 1.807) is 0 Å². The van der Waals surface area contributed by atoms with E-state index in [-0.39, 0.29) is 25.6 Å². The molecule has 0 aliphatic heterocycles. The number of rotatable bonds is 45. The van der Waals surface area contributed by atoms with Gasteiger partial charge in [0.1, 0.15) is 12.2 Å². The van der Waals surface area contributed by atoms with Crippen LogP contribution in [0.2, 0.25) is 0 Å². The number of hydrogen-bond donors (Lipinski definition) is 3. The second-order valence-electron chi connectivity index (χ2n) is 15.8. The van der Waals surface area contributed by atoms with Gasteiger partial charge < -0.3 is 24.6 Å². The van der Waals surface area contributed by atoms with Crippen LogP contribution in [-0.4, -0.2) is 66.3 Å². The zero-order valence-corrected chi connectivity index (χ0v) is 37.3. The van der Waals surface area contributed by atoms with Crippen LogP contribution in [0.3, 0.4) is 0 Å². The molecule has 3 unspecified atom stereocenters. The molecule has 0 saturated heterocycles. The van der Waals surface area contributed by atoms with Crippen LogP contribution in [0.15, 0.2) is 24.3 Å². The summed E-state index contributed by atoms with van der Waals surface area (Å²) in [7, 11) is -4.52. The van der Waals surface area contributed by atoms with Crippen molar-refractivity contribution in [3.05, 3.63) is 24.3 Å². The van der Waals surface area contributed by atoms with Crippen LogP contribution in [0, 0.1) is 0 Å². The van der Waals surface area contributed by atoms with Crippen LogP contribution in [0.4, 0.5) is 0 Å². The number of carbonyl (C=O) groups is 1. The van der Waals surface area contributed by atoms with E-state index in [0.717, 1.165) is 44.9 Å². The van der Waals surface area contributed by atoms with Crippen molar-refractivity contribution < 1.29 is 43.0 Å². The summed E-state index contributed by atoms with van der Waals surface area (Å²) < 4.78 is 33.4. The Labute approximate surface area is 344 Å². The minimum absolute atomic E-state index is 0.0474. The van der Waals surface area contributed by atoms with Crippen molar-refractivity contribution in [2.75, 3.05) is 33.0 Å². The van der Waals surface area contributed by atoms with E-state index < -0.39 is 33.2 Å². The fraction of sp³-hybridized carbons (Fsp3) is 0.891. The summed E-state index contributed by atoms with van der Waals surface area (Å²) in [6.07, 6.45) is 45.7. The molecule has 0 aromatic rings. The Morgan fingerprint density at radius 2 is 0.929 bits per heavy atom. The molecular formula is C46H89O9P. The number of hydrogen-bond acceptors (Lipinski definition) is 8. The minimum atomic E-state index is -4.52. The molecule has 10 heteroatoms. The lowest BCUT2D eigenvalue weighted by molar-refractivity contribution is -0.154. The van der Waals surface area contributed by atoms with Crippen LogP contribution < -0.4 is 0 Å². The molecule has 0 rings (SSSR count). The maximum atomic E-state index is 12.6. The van der Waals surface area contributed by atoms with Crippen LogP contribution in [0.1, 0.15) is 219 Å². The van der Waals surface area contributed by atoms with Crippen LogP contribution in [0.5, 0.6) is 0 Å². The second kappa shape index (κ2) is 43.5. The molecule has 0 aliphatic carbocycles. The highest BCUT2D eigenvalue weighted by atomic mass is 31.2. The van der Waals surface area contributed by atoms with Gasteiger partial charge in [0.05, 0.1) is 26.4 Å². The zero-order valence-electron chi connectivity index (χ0n) is 36.4. The molecule has 0 heterocycles. The first-order chi connectivity index (χ1) is 27.3. The summed E-state index contributed by atoms with van der Waals surface area (Å²) in [6, 6.07) is 0. The maximum absolute atomic E-state index is 12.6. The van der Waals surface area contributed by atoms with Gasteiger partial charge >= 0.3 is 13.8 Å². The van der Waals surface area contributed by atoms with E-state index in [2.05, 4.69) is 38.2 Å². The van der Waals surface area contributed by atoms with Gasteiger partial charge in [-0.05, 0) is 57.8 Å². The molecule has 0 amide bonds. The highest BCUT2D eigenvalue weighted by Crippen LogP contribution is 2.43. The highest BCUT2D eigenvalue weighted by molar-refractivity contribution is 7.47. The van der Waals surface area contributed by atoms with Crippen LogP contribution in [0.25, 0.3) is 0 Å². The van der Waals surface area contributed by atoms with E-state index in [4.69, 9.17) is 23.6 Å². The fourth-order valence-electron chi connectivity index (χ4n) is 6.51. The molecule has 0 aliphatic rings. The molecule has 56 heavy (non-hydrogen) atoms. The minimum Gasteiger partial charge on any atom is -0.457 e. The van der Waals surface area contributed by atoms with Gasteiger partial charge in [0.15, 0.2) is 0 Å². The number of allylic oxidation sites excluding steroid dienone is 4. The quantitative estimate of drug-likeness (QED) is 0.0238. The average Bonchev–Trinajstić information content (AvgIpc) is 3.19. The molecule has 0 radical (unpaired) electrons. The van der Waals surface area contributed by atoms with Gasteiger partial charge in [-0.25, -0.2) is 4.57 Å². The third kappa shape index (κ3) is 42.5. The normalized spacial score (nSPS) is 14.2. The largest absolute Gasteiger partial charge is 0.472 e. The topological polar surface area (TPSA) is 132 Å². The molecule has 3 N–H and O–H groups in total. The van der Waals surface area contributed by atoms with Crippen molar-refractivity contribution in [2.24, 2.45) is 0 Å². The van der Waals surface area contributed by atoms with Gasteiger partial charge in [-0.1, -0.05) is 179 Å². The molecule has 9 nitrogen and oxygen atoms in total. The molecule has 0 spiro atoms. The molecule has 0 bridgehead atoms. The molecule has 3 atom stereocenters. The Morgan fingerprint density at radius 3 is 1.39 bits per heavy atom. The second-order valence-corrected chi connectivity index (χ2v) is 17.2. The Kier molecular flexibility index (Phi) is 42.7. The predicted octanol–water partition coefficient (Wildman–Crippen LogP) is 13.0. The van der Waals surface area contributed by atoms with Crippen molar-refractivity contribution in [1.29, 1.82) is 0 Å². The Bertz CT molecular complexity index is 928. The van der Waals surface area contributed by atoms with E-state index >= 15 is 0 Å². The number of phosphoric ester groups is 1. The van der Waals surface area contributed by atoms with Crippen molar-refractivity contribution in [3.63, 3.8) is 0 Å². The Morgan fingerprint density at radius 1 is 0.536 bits per heavy atom. The Hall–Kier alpha value is -1.06. The van der Waals surface area contributed by atoms with Gasteiger partial charge in [-0.15, -0.1) is 0 Å². The first-order valence-corrected chi connectivity index (χ1v) is 24.8. The van der Waals surface area contributed by atoms with Gasteiger partial charge in [-0.3, -0.25) is 13.8 Å². The molecule has 0 fully saturated rings.